The fourth-order valence-corrected chi connectivity index (χ4v) is 3.01. The Labute approximate surface area is 163 Å². The number of carbonyl (C=O) groups is 1. The van der Waals surface area contributed by atoms with E-state index in [1.165, 1.54) is 19.2 Å². The van der Waals surface area contributed by atoms with Gasteiger partial charge in [0.25, 0.3) is 0 Å². The summed E-state index contributed by atoms with van der Waals surface area (Å²) in [4.78, 5) is 19.8. The van der Waals surface area contributed by atoms with Gasteiger partial charge in [-0.15, -0.1) is 0 Å². The molecule has 0 aliphatic heterocycles. The van der Waals surface area contributed by atoms with Crippen LogP contribution in [0, 0.1) is 0 Å². The Kier molecular flexibility index (Phi) is 5.73. The van der Waals surface area contributed by atoms with Gasteiger partial charge in [0.15, 0.2) is 6.61 Å². The number of pyridine rings is 1. The van der Waals surface area contributed by atoms with Crippen LogP contribution in [0.15, 0.2) is 42.9 Å². The molecule has 1 amide bonds. The van der Waals surface area contributed by atoms with Crippen molar-refractivity contribution in [2.45, 2.75) is 25.7 Å². The molecule has 2 aromatic heterocycles. The number of aromatic nitrogens is 3. The molecule has 2 heterocycles. The molecule has 0 saturated carbocycles. The molecule has 0 saturated heterocycles. The highest BCUT2D eigenvalue weighted by atomic mass is 35.5. The second-order valence-corrected chi connectivity index (χ2v) is 6.50. The number of nitrogens with one attached hydrogen (secondary N) is 1. The quantitative estimate of drug-likeness (QED) is 0.666. The van der Waals surface area contributed by atoms with Gasteiger partial charge in [0, 0.05) is 25.7 Å². The fourth-order valence-electron chi connectivity index (χ4n) is 2.74. The Hall–Kier alpha value is -2.81. The molecule has 1 atom stereocenters. The predicted molar refractivity (Wildman–Crippen MR) is 97.1 cm³/mol. The van der Waals surface area contributed by atoms with Crippen LogP contribution in [0.1, 0.15) is 18.5 Å². The summed E-state index contributed by atoms with van der Waals surface area (Å²) in [5.41, 5.74) is 2.03. The van der Waals surface area contributed by atoms with E-state index < -0.39 is 18.8 Å². The van der Waals surface area contributed by atoms with E-state index in [0.29, 0.717) is 22.6 Å². The van der Waals surface area contributed by atoms with E-state index in [0.717, 1.165) is 5.52 Å². The number of amides is 1. The highest BCUT2D eigenvalue weighted by molar-refractivity contribution is 6.34. The molecule has 0 aliphatic rings. The molecule has 0 bridgehead atoms. The van der Waals surface area contributed by atoms with Gasteiger partial charge in [-0.25, -0.2) is 9.97 Å². The molecule has 0 aliphatic carbocycles. The summed E-state index contributed by atoms with van der Waals surface area (Å²) >= 11 is 6.26. The number of alkyl halides is 3. The lowest BCUT2D eigenvalue weighted by Gasteiger charge is -2.19. The molecule has 10 heteroatoms. The lowest BCUT2D eigenvalue weighted by molar-refractivity contribution is -0.154. The van der Waals surface area contributed by atoms with Crippen molar-refractivity contribution in [3.8, 4) is 5.88 Å². The van der Waals surface area contributed by atoms with E-state index >= 15 is 0 Å². The third-order valence-electron chi connectivity index (χ3n) is 3.89. The smallest absolute Gasteiger partial charge is 0.422 e. The zero-order valence-electron chi connectivity index (χ0n) is 14.7. The highest BCUT2D eigenvalue weighted by Crippen LogP contribution is 2.25. The maximum Gasteiger partial charge on any atom is 0.422 e. The average molecular weight is 413 g/mol. The molecule has 148 valence electrons. The number of ether oxygens (including phenoxy) is 1. The molecule has 1 aromatic carbocycles. The highest BCUT2D eigenvalue weighted by Gasteiger charge is 2.28. The van der Waals surface area contributed by atoms with E-state index in [4.69, 9.17) is 11.6 Å². The number of carbonyl (C=O) groups excluding carboxylic acids is 1. The third-order valence-corrected chi connectivity index (χ3v) is 4.20. The van der Waals surface area contributed by atoms with Gasteiger partial charge in [-0.1, -0.05) is 17.7 Å². The Bertz CT molecular complexity index is 973. The molecule has 3 rings (SSSR count). The number of hydrogen-bond acceptors (Lipinski definition) is 4. The summed E-state index contributed by atoms with van der Waals surface area (Å²) in [6.07, 6.45) is -1.46. The molecular weight excluding hydrogens is 397 g/mol. The lowest BCUT2D eigenvalue weighted by Crippen LogP contribution is -2.29. The van der Waals surface area contributed by atoms with Crippen molar-refractivity contribution in [2.75, 3.05) is 6.61 Å². The zero-order chi connectivity index (χ0) is 20.3. The molecule has 1 unspecified atom stereocenters. The first-order valence-electron chi connectivity index (χ1n) is 8.25. The van der Waals surface area contributed by atoms with Crippen molar-refractivity contribution in [3.05, 3.63) is 53.4 Å². The molecule has 1 N–H and O–H groups in total. The van der Waals surface area contributed by atoms with E-state index in [9.17, 15) is 18.0 Å². The predicted octanol–water partition coefficient (Wildman–Crippen LogP) is 3.90. The van der Waals surface area contributed by atoms with Gasteiger partial charge >= 0.3 is 6.18 Å². The van der Waals surface area contributed by atoms with E-state index in [1.54, 1.807) is 29.1 Å². The van der Waals surface area contributed by atoms with Crippen LogP contribution in [0.4, 0.5) is 13.2 Å². The van der Waals surface area contributed by atoms with Crippen LogP contribution < -0.4 is 10.1 Å². The first kappa shape index (κ1) is 19.9. The van der Waals surface area contributed by atoms with Crippen LogP contribution in [-0.2, 0) is 11.3 Å². The van der Waals surface area contributed by atoms with Crippen LogP contribution in [0.5, 0.6) is 5.88 Å². The maximum atomic E-state index is 12.2. The summed E-state index contributed by atoms with van der Waals surface area (Å²) < 4.78 is 43.1. The van der Waals surface area contributed by atoms with Crippen LogP contribution in [0.2, 0.25) is 5.02 Å². The largest absolute Gasteiger partial charge is 0.468 e. The van der Waals surface area contributed by atoms with Crippen molar-refractivity contribution >= 4 is 28.5 Å². The first-order chi connectivity index (χ1) is 13.2. The maximum absolute atomic E-state index is 12.2. The standard InChI is InChI=1S/C18H16ClF3N4O2/c1-11(27)25-15(8-26-10-24-14-4-2-3-13(19)17(14)26)12-5-6-16(23-7-12)28-9-18(20,21)22/h2-7,10,15H,8-9H2,1H3,(H,25,27). The minimum atomic E-state index is -4.44. The van der Waals surface area contributed by atoms with Gasteiger partial charge in [0.2, 0.25) is 11.8 Å². The van der Waals surface area contributed by atoms with Gasteiger partial charge in [0.1, 0.15) is 0 Å². The number of imidazole rings is 1. The minimum absolute atomic E-state index is 0.154. The number of benzene rings is 1. The zero-order valence-corrected chi connectivity index (χ0v) is 15.5. The molecule has 3 aromatic rings. The van der Waals surface area contributed by atoms with Gasteiger partial charge in [-0.05, 0) is 23.8 Å². The van der Waals surface area contributed by atoms with Crippen LogP contribution >= 0.6 is 11.6 Å². The monoisotopic (exact) mass is 412 g/mol. The normalized spacial score (nSPS) is 12.8. The van der Waals surface area contributed by atoms with Gasteiger partial charge < -0.3 is 14.6 Å². The second kappa shape index (κ2) is 8.05. The number of rotatable bonds is 6. The SMILES string of the molecule is CC(=O)NC(Cn1cnc2cccc(Cl)c21)c1ccc(OCC(F)(F)F)nc1. The van der Waals surface area contributed by atoms with Crippen molar-refractivity contribution in [1.82, 2.24) is 19.9 Å². The Morgan fingerprint density at radius 2 is 2.07 bits per heavy atom. The van der Waals surface area contributed by atoms with Gasteiger partial charge in [-0.3, -0.25) is 4.79 Å². The molecule has 6 nitrogen and oxygen atoms in total. The van der Waals surface area contributed by atoms with Gasteiger partial charge in [0.05, 0.1) is 28.4 Å². The molecular formula is C18H16ClF3N4O2. The number of hydrogen-bond donors (Lipinski definition) is 1. The van der Waals surface area contributed by atoms with Crippen LogP contribution in [0.3, 0.4) is 0 Å². The van der Waals surface area contributed by atoms with E-state index in [1.807, 2.05) is 6.07 Å². The van der Waals surface area contributed by atoms with Crippen molar-refractivity contribution < 1.29 is 22.7 Å². The molecule has 0 radical (unpaired) electrons. The van der Waals surface area contributed by atoms with E-state index in [-0.39, 0.29) is 11.8 Å². The summed E-state index contributed by atoms with van der Waals surface area (Å²) in [5, 5.41) is 3.32. The Balaban J connectivity index is 1.83. The summed E-state index contributed by atoms with van der Waals surface area (Å²) in [7, 11) is 0. The third kappa shape index (κ3) is 4.92. The number of halogens is 4. The molecule has 0 fully saturated rings. The Morgan fingerprint density at radius 3 is 2.71 bits per heavy atom. The van der Waals surface area contributed by atoms with Crippen LogP contribution in [0.25, 0.3) is 11.0 Å². The number of fused-ring (bicyclic) bond motifs is 1. The average Bonchev–Trinajstić information content (AvgIpc) is 3.03. The van der Waals surface area contributed by atoms with Crippen LogP contribution in [-0.4, -0.2) is 33.2 Å². The van der Waals surface area contributed by atoms with Crippen molar-refractivity contribution in [3.63, 3.8) is 0 Å². The number of para-hydroxylation sites is 1. The van der Waals surface area contributed by atoms with Crippen molar-refractivity contribution in [2.24, 2.45) is 0 Å². The van der Waals surface area contributed by atoms with Crippen molar-refractivity contribution in [1.29, 1.82) is 0 Å². The topological polar surface area (TPSA) is 69.0 Å². The van der Waals surface area contributed by atoms with E-state index in [2.05, 4.69) is 20.0 Å². The summed E-state index contributed by atoms with van der Waals surface area (Å²) in [6.45, 7) is 0.262. The first-order valence-corrected chi connectivity index (χ1v) is 8.62. The van der Waals surface area contributed by atoms with Gasteiger partial charge in [-0.2, -0.15) is 13.2 Å². The Morgan fingerprint density at radius 1 is 1.29 bits per heavy atom. The fraction of sp³-hybridized carbons (Fsp3) is 0.278. The summed E-state index contributed by atoms with van der Waals surface area (Å²) in [6, 6.07) is 7.74. The minimum Gasteiger partial charge on any atom is -0.468 e. The summed E-state index contributed by atoms with van der Waals surface area (Å²) in [5.74, 6) is -0.420. The second-order valence-electron chi connectivity index (χ2n) is 6.09. The lowest BCUT2D eigenvalue weighted by atomic mass is 10.1. The number of nitrogens with zero attached hydrogens (tertiary/aromatic N) is 3. The molecule has 0 spiro atoms. The molecule has 28 heavy (non-hydrogen) atoms.